The first-order chi connectivity index (χ1) is 10.7. The van der Waals surface area contributed by atoms with E-state index in [1.807, 2.05) is 37.3 Å². The molecular formula is C18H24N2O3. The summed E-state index contributed by atoms with van der Waals surface area (Å²) in [6.07, 6.45) is 1.24. The second kappa shape index (κ2) is 6.14. The molecule has 0 radical (unpaired) electrons. The van der Waals surface area contributed by atoms with Gasteiger partial charge in [0.05, 0.1) is 6.54 Å². The first-order valence-corrected chi connectivity index (χ1v) is 7.95. The maximum absolute atomic E-state index is 13.0. The van der Waals surface area contributed by atoms with Crippen molar-refractivity contribution >= 4 is 17.7 Å². The van der Waals surface area contributed by atoms with Gasteiger partial charge in [-0.3, -0.25) is 14.5 Å². The van der Waals surface area contributed by atoms with E-state index in [4.69, 9.17) is 0 Å². The van der Waals surface area contributed by atoms with Gasteiger partial charge in [-0.15, -0.1) is 0 Å². The van der Waals surface area contributed by atoms with Gasteiger partial charge in [-0.1, -0.05) is 64.4 Å². The minimum absolute atomic E-state index is 0.138. The summed E-state index contributed by atoms with van der Waals surface area (Å²) in [4.78, 5) is 38.6. The third kappa shape index (κ3) is 3.14. The summed E-state index contributed by atoms with van der Waals surface area (Å²) in [5.41, 5.74) is -0.903. The number of rotatable bonds is 5. The highest BCUT2D eigenvalue weighted by Gasteiger charge is 2.52. The molecule has 23 heavy (non-hydrogen) atoms. The van der Waals surface area contributed by atoms with Gasteiger partial charge >= 0.3 is 6.03 Å². The van der Waals surface area contributed by atoms with Crippen molar-refractivity contribution in [3.05, 3.63) is 35.9 Å². The zero-order valence-electron chi connectivity index (χ0n) is 14.2. The van der Waals surface area contributed by atoms with Crippen LogP contribution in [0.5, 0.6) is 0 Å². The van der Waals surface area contributed by atoms with Crippen molar-refractivity contribution in [1.82, 2.24) is 10.2 Å². The Labute approximate surface area is 137 Å². The average molecular weight is 316 g/mol. The van der Waals surface area contributed by atoms with Gasteiger partial charge in [-0.05, 0) is 12.0 Å². The van der Waals surface area contributed by atoms with Crippen LogP contribution < -0.4 is 5.32 Å². The molecular weight excluding hydrogens is 292 g/mol. The van der Waals surface area contributed by atoms with Crippen LogP contribution in [0, 0.1) is 5.41 Å². The summed E-state index contributed by atoms with van der Waals surface area (Å²) in [5.74, 6) is -0.477. The van der Waals surface area contributed by atoms with Crippen molar-refractivity contribution < 1.29 is 14.4 Å². The van der Waals surface area contributed by atoms with Crippen LogP contribution >= 0.6 is 0 Å². The van der Waals surface area contributed by atoms with Crippen LogP contribution in [0.25, 0.3) is 0 Å². The monoisotopic (exact) mass is 316 g/mol. The Morgan fingerprint density at radius 2 is 1.78 bits per heavy atom. The number of imide groups is 1. The van der Waals surface area contributed by atoms with Gasteiger partial charge in [0.1, 0.15) is 5.54 Å². The minimum Gasteiger partial charge on any atom is -0.319 e. The van der Waals surface area contributed by atoms with Crippen LogP contribution in [0.2, 0.25) is 0 Å². The molecule has 1 aliphatic rings. The topological polar surface area (TPSA) is 66.5 Å². The van der Waals surface area contributed by atoms with E-state index in [0.717, 1.165) is 16.9 Å². The standard InChI is InChI=1S/C18H24N2O3/c1-5-11-18(13-9-7-6-8-10-13)15(22)20(16(23)19-18)12-14(21)17(2,3)4/h6-10H,5,11-12H2,1-4H3,(H,19,23)/t18-/m0/s1. The molecule has 1 aromatic rings. The zero-order chi connectivity index (χ0) is 17.3. The number of hydrogen-bond acceptors (Lipinski definition) is 3. The highest BCUT2D eigenvalue weighted by molar-refractivity contribution is 6.09. The molecule has 2 rings (SSSR count). The van der Waals surface area contributed by atoms with Crippen LogP contribution in [0.1, 0.15) is 46.1 Å². The molecule has 1 aromatic carbocycles. The fourth-order valence-corrected chi connectivity index (χ4v) is 2.76. The van der Waals surface area contributed by atoms with E-state index in [9.17, 15) is 14.4 Å². The Kier molecular flexibility index (Phi) is 4.59. The van der Waals surface area contributed by atoms with E-state index < -0.39 is 17.0 Å². The first-order valence-electron chi connectivity index (χ1n) is 7.95. The van der Waals surface area contributed by atoms with Crippen LogP contribution in [-0.2, 0) is 15.1 Å². The number of carbonyl (C=O) groups is 3. The van der Waals surface area contributed by atoms with Gasteiger partial charge in [-0.25, -0.2) is 4.79 Å². The number of carbonyl (C=O) groups excluding carboxylic acids is 3. The Morgan fingerprint density at radius 3 is 2.30 bits per heavy atom. The number of nitrogens with zero attached hydrogens (tertiary/aromatic N) is 1. The van der Waals surface area contributed by atoms with E-state index in [-0.39, 0.29) is 18.2 Å². The number of benzene rings is 1. The first kappa shape index (κ1) is 17.2. The van der Waals surface area contributed by atoms with Crippen LogP contribution in [0.3, 0.4) is 0 Å². The SMILES string of the molecule is CCC[C@@]1(c2ccccc2)NC(=O)N(CC(=O)C(C)(C)C)C1=O. The maximum Gasteiger partial charge on any atom is 0.325 e. The molecule has 0 bridgehead atoms. The molecule has 124 valence electrons. The predicted octanol–water partition coefficient (Wildman–Crippen LogP) is 2.85. The van der Waals surface area contributed by atoms with Gasteiger partial charge in [-0.2, -0.15) is 0 Å². The van der Waals surface area contributed by atoms with Crippen LogP contribution in [0.4, 0.5) is 4.79 Å². The van der Waals surface area contributed by atoms with E-state index in [0.29, 0.717) is 6.42 Å². The Balaban J connectivity index is 2.36. The lowest BCUT2D eigenvalue weighted by molar-refractivity contribution is -0.137. The fraction of sp³-hybridized carbons (Fsp3) is 0.500. The van der Waals surface area contributed by atoms with Crippen molar-refractivity contribution in [2.75, 3.05) is 6.54 Å². The van der Waals surface area contributed by atoms with E-state index in [2.05, 4.69) is 5.32 Å². The molecule has 1 N–H and O–H groups in total. The average Bonchev–Trinajstić information content (AvgIpc) is 2.73. The van der Waals surface area contributed by atoms with Gasteiger partial charge in [0.15, 0.2) is 5.78 Å². The lowest BCUT2D eigenvalue weighted by atomic mass is 9.85. The predicted molar refractivity (Wildman–Crippen MR) is 87.7 cm³/mol. The summed E-state index contributed by atoms with van der Waals surface area (Å²) in [6.45, 7) is 7.12. The third-order valence-electron chi connectivity index (χ3n) is 4.21. The molecule has 0 aromatic heterocycles. The fourth-order valence-electron chi connectivity index (χ4n) is 2.76. The number of ketones is 1. The zero-order valence-corrected chi connectivity index (χ0v) is 14.2. The van der Waals surface area contributed by atoms with Gasteiger partial charge in [0.2, 0.25) is 0 Å². The largest absolute Gasteiger partial charge is 0.325 e. The van der Waals surface area contributed by atoms with Crippen molar-refractivity contribution in [3.63, 3.8) is 0 Å². The second-order valence-corrected chi connectivity index (χ2v) is 7.02. The summed E-state index contributed by atoms with van der Waals surface area (Å²) >= 11 is 0. The minimum atomic E-state index is -1.06. The summed E-state index contributed by atoms with van der Waals surface area (Å²) in [5, 5.41) is 2.83. The molecule has 1 aliphatic heterocycles. The highest BCUT2D eigenvalue weighted by Crippen LogP contribution is 2.34. The number of nitrogens with one attached hydrogen (secondary N) is 1. The maximum atomic E-state index is 13.0. The molecule has 1 fully saturated rings. The molecule has 1 saturated heterocycles. The number of hydrogen-bond donors (Lipinski definition) is 1. The summed E-state index contributed by atoms with van der Waals surface area (Å²) in [6, 6.07) is 8.73. The van der Waals surface area contributed by atoms with Crippen molar-refractivity contribution in [1.29, 1.82) is 0 Å². The third-order valence-corrected chi connectivity index (χ3v) is 4.21. The molecule has 5 nitrogen and oxygen atoms in total. The van der Waals surface area contributed by atoms with E-state index in [1.165, 1.54) is 0 Å². The molecule has 0 aliphatic carbocycles. The lowest BCUT2D eigenvalue weighted by Crippen LogP contribution is -2.45. The Hall–Kier alpha value is -2.17. The molecule has 1 atom stereocenters. The Morgan fingerprint density at radius 1 is 1.17 bits per heavy atom. The highest BCUT2D eigenvalue weighted by atomic mass is 16.2. The molecule has 0 unspecified atom stereocenters. The number of amides is 3. The molecule has 0 spiro atoms. The van der Waals surface area contributed by atoms with E-state index >= 15 is 0 Å². The normalized spacial score (nSPS) is 21.5. The quantitative estimate of drug-likeness (QED) is 0.849. The molecule has 0 saturated carbocycles. The Bertz CT molecular complexity index is 619. The van der Waals surface area contributed by atoms with Crippen LogP contribution in [-0.4, -0.2) is 29.2 Å². The summed E-state index contributed by atoms with van der Waals surface area (Å²) in [7, 11) is 0. The lowest BCUT2D eigenvalue weighted by Gasteiger charge is -2.27. The van der Waals surface area contributed by atoms with Crippen molar-refractivity contribution in [3.8, 4) is 0 Å². The molecule has 3 amide bonds. The van der Waals surface area contributed by atoms with Crippen molar-refractivity contribution in [2.45, 2.75) is 46.1 Å². The smallest absolute Gasteiger partial charge is 0.319 e. The van der Waals surface area contributed by atoms with Crippen molar-refractivity contribution in [2.24, 2.45) is 5.41 Å². The molecule has 5 heteroatoms. The number of Topliss-reactive ketones (excluding diaryl/α,β-unsaturated/α-hetero) is 1. The number of urea groups is 1. The van der Waals surface area contributed by atoms with E-state index in [1.54, 1.807) is 20.8 Å². The van der Waals surface area contributed by atoms with Gasteiger partial charge < -0.3 is 5.32 Å². The molecule has 1 heterocycles. The van der Waals surface area contributed by atoms with Gasteiger partial charge in [0, 0.05) is 5.41 Å². The van der Waals surface area contributed by atoms with Gasteiger partial charge in [0.25, 0.3) is 5.91 Å². The second-order valence-electron chi connectivity index (χ2n) is 7.02. The summed E-state index contributed by atoms with van der Waals surface area (Å²) < 4.78 is 0. The van der Waals surface area contributed by atoms with Crippen LogP contribution in [0.15, 0.2) is 30.3 Å².